The Hall–Kier alpha value is -0.500. The molecule has 0 unspecified atom stereocenters. The predicted octanol–water partition coefficient (Wildman–Crippen LogP) is 4.79. The molecule has 0 aliphatic heterocycles. The van der Waals surface area contributed by atoms with Crippen molar-refractivity contribution in [1.82, 2.24) is 0 Å². The van der Waals surface area contributed by atoms with E-state index in [0.29, 0.717) is 0 Å². The Kier molecular flexibility index (Phi) is 8.49. The molecule has 0 bridgehead atoms. The van der Waals surface area contributed by atoms with Crippen LogP contribution in [0.2, 0.25) is 0 Å². The second kappa shape index (κ2) is 8.78. The van der Waals surface area contributed by atoms with Gasteiger partial charge in [-0.2, -0.15) is 0 Å². The van der Waals surface area contributed by atoms with Gasteiger partial charge in [0.1, 0.15) is 0 Å². The summed E-state index contributed by atoms with van der Waals surface area (Å²) in [7, 11) is 0. The van der Waals surface area contributed by atoms with Gasteiger partial charge in [-0.15, -0.1) is 0 Å². The van der Waals surface area contributed by atoms with Crippen molar-refractivity contribution in [1.29, 1.82) is 0 Å². The Morgan fingerprint density at radius 2 is 1.60 bits per heavy atom. The Bertz CT molecular complexity index is 249. The van der Waals surface area contributed by atoms with Crippen molar-refractivity contribution in [2.24, 2.45) is 0 Å². The third-order valence-corrected chi connectivity index (χ3v) is 2.48. The van der Waals surface area contributed by atoms with Gasteiger partial charge in [-0.25, -0.2) is 0 Å². The molecule has 0 amide bonds. The SMILES string of the molecule is CCCC.CCCc1cc(N)cc(Br)c1. The average Bonchev–Trinajstić information content (AvgIpc) is 2.17. The molecule has 0 heterocycles. The van der Waals surface area contributed by atoms with Crippen LogP contribution in [0, 0.1) is 0 Å². The number of hydrogen-bond donors (Lipinski definition) is 1. The molecule has 0 spiro atoms. The van der Waals surface area contributed by atoms with E-state index >= 15 is 0 Å². The quantitative estimate of drug-likeness (QED) is 0.786. The van der Waals surface area contributed by atoms with Gasteiger partial charge in [-0.3, -0.25) is 0 Å². The van der Waals surface area contributed by atoms with Crippen LogP contribution in [0.1, 0.15) is 45.6 Å². The standard InChI is InChI=1S/C9H12BrN.C4H10/c1-2-3-7-4-8(10)6-9(11)5-7;1-3-4-2/h4-6H,2-3,11H2,1H3;3-4H2,1-2H3. The van der Waals surface area contributed by atoms with Crippen LogP contribution in [0.4, 0.5) is 5.69 Å². The molecule has 1 aromatic rings. The first kappa shape index (κ1) is 14.5. The Morgan fingerprint density at radius 1 is 1.00 bits per heavy atom. The zero-order chi connectivity index (χ0) is 11.7. The third-order valence-electron chi connectivity index (χ3n) is 2.02. The number of nitrogens with two attached hydrogens (primary N) is 1. The molecule has 0 atom stereocenters. The summed E-state index contributed by atoms with van der Waals surface area (Å²) in [6, 6.07) is 6.05. The van der Waals surface area contributed by atoms with E-state index in [4.69, 9.17) is 5.73 Å². The van der Waals surface area contributed by atoms with E-state index in [1.165, 1.54) is 18.4 Å². The van der Waals surface area contributed by atoms with Crippen LogP contribution < -0.4 is 5.73 Å². The van der Waals surface area contributed by atoms with Gasteiger partial charge in [0.15, 0.2) is 0 Å². The molecule has 0 aliphatic carbocycles. The maximum Gasteiger partial charge on any atom is 0.0328 e. The summed E-state index contributed by atoms with van der Waals surface area (Å²) >= 11 is 3.40. The first-order valence-corrected chi connectivity index (χ1v) is 6.48. The van der Waals surface area contributed by atoms with Gasteiger partial charge < -0.3 is 5.73 Å². The molecule has 0 saturated carbocycles. The molecule has 86 valence electrons. The lowest BCUT2D eigenvalue weighted by Crippen LogP contribution is -1.88. The number of aryl methyl sites for hydroxylation is 1. The van der Waals surface area contributed by atoms with Gasteiger partial charge in [0.25, 0.3) is 0 Å². The van der Waals surface area contributed by atoms with Gasteiger partial charge in [-0.05, 0) is 30.2 Å². The number of anilines is 1. The molecular weight excluding hydrogens is 250 g/mol. The van der Waals surface area contributed by atoms with E-state index in [2.05, 4.69) is 42.8 Å². The van der Waals surface area contributed by atoms with Gasteiger partial charge in [0.05, 0.1) is 0 Å². The molecule has 0 aliphatic rings. The van der Waals surface area contributed by atoms with Crippen LogP contribution in [0.25, 0.3) is 0 Å². The number of nitrogen functional groups attached to an aromatic ring is 1. The van der Waals surface area contributed by atoms with Crippen LogP contribution in [0.15, 0.2) is 22.7 Å². The second-order valence-electron chi connectivity index (χ2n) is 3.64. The maximum atomic E-state index is 5.66. The first-order chi connectivity index (χ1) is 7.13. The maximum absolute atomic E-state index is 5.66. The number of hydrogen-bond acceptors (Lipinski definition) is 1. The summed E-state index contributed by atoms with van der Waals surface area (Å²) < 4.78 is 1.07. The lowest BCUT2D eigenvalue weighted by molar-refractivity contribution is 0.886. The highest BCUT2D eigenvalue weighted by atomic mass is 79.9. The summed E-state index contributed by atoms with van der Waals surface area (Å²) in [4.78, 5) is 0. The molecule has 2 N–H and O–H groups in total. The predicted molar refractivity (Wildman–Crippen MR) is 73.1 cm³/mol. The lowest BCUT2D eigenvalue weighted by atomic mass is 10.1. The molecule has 0 fully saturated rings. The summed E-state index contributed by atoms with van der Waals surface area (Å²) in [5.41, 5.74) is 7.80. The minimum Gasteiger partial charge on any atom is -0.399 e. The molecule has 2 heteroatoms. The van der Waals surface area contributed by atoms with Crippen molar-refractivity contribution in [2.75, 3.05) is 5.73 Å². The van der Waals surface area contributed by atoms with E-state index in [9.17, 15) is 0 Å². The van der Waals surface area contributed by atoms with Crippen LogP contribution in [0.3, 0.4) is 0 Å². The molecule has 1 rings (SSSR count). The summed E-state index contributed by atoms with van der Waals surface area (Å²) in [5.74, 6) is 0. The highest BCUT2D eigenvalue weighted by Crippen LogP contribution is 2.17. The van der Waals surface area contributed by atoms with Gasteiger partial charge in [0.2, 0.25) is 0 Å². The molecule has 0 aromatic heterocycles. The Morgan fingerprint density at radius 3 is 2.00 bits per heavy atom. The van der Waals surface area contributed by atoms with Crippen LogP contribution in [-0.4, -0.2) is 0 Å². The zero-order valence-electron chi connectivity index (χ0n) is 10.0. The number of halogens is 1. The van der Waals surface area contributed by atoms with Crippen molar-refractivity contribution in [3.05, 3.63) is 28.2 Å². The first-order valence-electron chi connectivity index (χ1n) is 5.68. The lowest BCUT2D eigenvalue weighted by Gasteiger charge is -2.01. The minimum absolute atomic E-state index is 0.836. The van der Waals surface area contributed by atoms with E-state index in [1.807, 2.05) is 12.1 Å². The molecule has 0 saturated heterocycles. The topological polar surface area (TPSA) is 26.0 Å². The van der Waals surface area contributed by atoms with E-state index in [1.54, 1.807) is 0 Å². The van der Waals surface area contributed by atoms with Crippen molar-refractivity contribution in [3.63, 3.8) is 0 Å². The third kappa shape index (κ3) is 7.43. The van der Waals surface area contributed by atoms with Gasteiger partial charge in [0, 0.05) is 10.2 Å². The fourth-order valence-electron chi connectivity index (χ4n) is 1.11. The fraction of sp³-hybridized carbons (Fsp3) is 0.538. The van der Waals surface area contributed by atoms with Crippen molar-refractivity contribution >= 4 is 21.6 Å². The second-order valence-corrected chi connectivity index (χ2v) is 4.56. The van der Waals surface area contributed by atoms with E-state index in [0.717, 1.165) is 23.0 Å². The average molecular weight is 272 g/mol. The highest BCUT2D eigenvalue weighted by molar-refractivity contribution is 9.10. The number of rotatable bonds is 3. The van der Waals surface area contributed by atoms with Crippen molar-refractivity contribution in [3.8, 4) is 0 Å². The highest BCUT2D eigenvalue weighted by Gasteiger charge is 1.94. The number of unbranched alkanes of at least 4 members (excludes halogenated alkanes) is 1. The molecule has 1 nitrogen and oxygen atoms in total. The van der Waals surface area contributed by atoms with E-state index < -0.39 is 0 Å². The Balaban J connectivity index is 0.000000423. The smallest absolute Gasteiger partial charge is 0.0328 e. The van der Waals surface area contributed by atoms with Crippen molar-refractivity contribution in [2.45, 2.75) is 46.5 Å². The zero-order valence-corrected chi connectivity index (χ0v) is 11.6. The molecule has 1 aromatic carbocycles. The molecule has 0 radical (unpaired) electrons. The van der Waals surface area contributed by atoms with Gasteiger partial charge >= 0.3 is 0 Å². The van der Waals surface area contributed by atoms with Gasteiger partial charge in [-0.1, -0.05) is 56.0 Å². The molecular formula is C13H22BrN. The Labute approximate surface area is 102 Å². The summed E-state index contributed by atoms with van der Waals surface area (Å²) in [6.45, 7) is 6.52. The summed E-state index contributed by atoms with van der Waals surface area (Å²) in [5, 5.41) is 0. The van der Waals surface area contributed by atoms with Crippen LogP contribution >= 0.6 is 15.9 Å². The van der Waals surface area contributed by atoms with Crippen LogP contribution in [0.5, 0.6) is 0 Å². The largest absolute Gasteiger partial charge is 0.399 e. The molecule has 15 heavy (non-hydrogen) atoms. The monoisotopic (exact) mass is 271 g/mol. The number of benzene rings is 1. The summed E-state index contributed by atoms with van der Waals surface area (Å²) in [6.07, 6.45) is 4.90. The van der Waals surface area contributed by atoms with Crippen molar-refractivity contribution < 1.29 is 0 Å². The van der Waals surface area contributed by atoms with Crippen LogP contribution in [-0.2, 0) is 6.42 Å². The normalized spacial score (nSPS) is 9.33. The van der Waals surface area contributed by atoms with E-state index in [-0.39, 0.29) is 0 Å². The minimum atomic E-state index is 0.836. The fourth-order valence-corrected chi connectivity index (χ4v) is 1.67.